The van der Waals surface area contributed by atoms with E-state index >= 15 is 0 Å². The van der Waals surface area contributed by atoms with Crippen molar-refractivity contribution in [3.05, 3.63) is 0 Å². The normalized spacial score (nSPS) is 28.4. The van der Waals surface area contributed by atoms with E-state index in [0.29, 0.717) is 18.0 Å². The monoisotopic (exact) mass is 238 g/mol. The predicted octanol–water partition coefficient (Wildman–Crippen LogP) is 2.26. The van der Waals surface area contributed by atoms with Crippen LogP contribution in [0.2, 0.25) is 0 Å². The Labute approximate surface area is 105 Å². The number of rotatable bonds is 2. The topological polar surface area (TPSA) is 23.6 Å². The van der Waals surface area contributed by atoms with E-state index in [-0.39, 0.29) is 5.54 Å². The molecular formula is C14H26N2O. The maximum Gasteiger partial charge on any atom is 0.225 e. The van der Waals surface area contributed by atoms with Crippen LogP contribution in [0.4, 0.5) is 0 Å². The Morgan fingerprint density at radius 1 is 1.24 bits per heavy atom. The smallest absolute Gasteiger partial charge is 0.225 e. The van der Waals surface area contributed by atoms with E-state index in [0.717, 1.165) is 38.8 Å². The SMILES string of the molecule is CC[C@H]1CC(=O)N1C1CCN(C(C)(C)C)CC1. The zero-order chi connectivity index (χ0) is 12.6. The Kier molecular flexibility index (Phi) is 3.48. The van der Waals surface area contributed by atoms with Gasteiger partial charge in [-0.05, 0) is 40.0 Å². The minimum Gasteiger partial charge on any atom is -0.336 e. The Hall–Kier alpha value is -0.570. The van der Waals surface area contributed by atoms with Crippen LogP contribution in [0.15, 0.2) is 0 Å². The summed E-state index contributed by atoms with van der Waals surface area (Å²) in [5, 5.41) is 0. The second-order valence-electron chi connectivity index (χ2n) is 6.46. The third kappa shape index (κ3) is 2.49. The van der Waals surface area contributed by atoms with E-state index in [1.807, 2.05) is 0 Å². The van der Waals surface area contributed by atoms with Gasteiger partial charge >= 0.3 is 0 Å². The van der Waals surface area contributed by atoms with Gasteiger partial charge in [0.15, 0.2) is 0 Å². The van der Waals surface area contributed by atoms with Crippen LogP contribution in [0.1, 0.15) is 53.4 Å². The van der Waals surface area contributed by atoms with E-state index in [9.17, 15) is 4.79 Å². The highest BCUT2D eigenvalue weighted by atomic mass is 16.2. The Balaban J connectivity index is 1.89. The minimum atomic E-state index is 0.272. The summed E-state index contributed by atoms with van der Waals surface area (Å²) in [7, 11) is 0. The highest BCUT2D eigenvalue weighted by Gasteiger charge is 2.41. The van der Waals surface area contributed by atoms with Crippen molar-refractivity contribution in [1.29, 1.82) is 0 Å². The van der Waals surface area contributed by atoms with Crippen LogP contribution < -0.4 is 0 Å². The van der Waals surface area contributed by atoms with Crippen molar-refractivity contribution in [3.8, 4) is 0 Å². The number of carbonyl (C=O) groups excluding carboxylic acids is 1. The van der Waals surface area contributed by atoms with Crippen molar-refractivity contribution in [2.24, 2.45) is 0 Å². The molecule has 0 aromatic rings. The van der Waals surface area contributed by atoms with Crippen molar-refractivity contribution >= 4 is 5.91 Å². The molecule has 0 unspecified atom stereocenters. The van der Waals surface area contributed by atoms with Crippen molar-refractivity contribution in [3.63, 3.8) is 0 Å². The van der Waals surface area contributed by atoms with Gasteiger partial charge in [0.2, 0.25) is 5.91 Å². The van der Waals surface area contributed by atoms with Crippen molar-refractivity contribution in [2.45, 2.75) is 71.0 Å². The molecule has 3 heteroatoms. The van der Waals surface area contributed by atoms with E-state index in [2.05, 4.69) is 37.5 Å². The van der Waals surface area contributed by atoms with Crippen molar-refractivity contribution in [2.75, 3.05) is 13.1 Å². The largest absolute Gasteiger partial charge is 0.336 e. The summed E-state index contributed by atoms with van der Waals surface area (Å²) in [6.07, 6.45) is 4.21. The molecule has 0 aliphatic carbocycles. The van der Waals surface area contributed by atoms with E-state index in [1.54, 1.807) is 0 Å². The summed E-state index contributed by atoms with van der Waals surface area (Å²) >= 11 is 0. The van der Waals surface area contributed by atoms with Gasteiger partial charge in [-0.15, -0.1) is 0 Å². The van der Waals surface area contributed by atoms with Crippen LogP contribution >= 0.6 is 0 Å². The van der Waals surface area contributed by atoms with Gasteiger partial charge in [0.1, 0.15) is 0 Å². The van der Waals surface area contributed by atoms with Crippen LogP contribution in [0.5, 0.6) is 0 Å². The van der Waals surface area contributed by atoms with Crippen molar-refractivity contribution in [1.82, 2.24) is 9.80 Å². The van der Waals surface area contributed by atoms with Crippen LogP contribution in [0.3, 0.4) is 0 Å². The Morgan fingerprint density at radius 3 is 2.24 bits per heavy atom. The maximum atomic E-state index is 11.7. The fourth-order valence-corrected chi connectivity index (χ4v) is 3.15. The third-order valence-electron chi connectivity index (χ3n) is 4.37. The highest BCUT2D eigenvalue weighted by molar-refractivity contribution is 5.83. The molecule has 2 heterocycles. The Bertz CT molecular complexity index is 287. The first-order valence-corrected chi connectivity index (χ1v) is 6.99. The zero-order valence-corrected chi connectivity index (χ0v) is 11.7. The number of amides is 1. The van der Waals surface area contributed by atoms with E-state index in [4.69, 9.17) is 0 Å². The fourth-order valence-electron chi connectivity index (χ4n) is 3.15. The van der Waals surface area contributed by atoms with Gasteiger partial charge in [0.25, 0.3) is 0 Å². The molecule has 2 aliphatic heterocycles. The molecule has 0 radical (unpaired) electrons. The second kappa shape index (κ2) is 4.60. The summed E-state index contributed by atoms with van der Waals surface area (Å²) in [6, 6.07) is 1.05. The van der Waals surface area contributed by atoms with Gasteiger partial charge in [-0.25, -0.2) is 0 Å². The lowest BCUT2D eigenvalue weighted by molar-refractivity contribution is -0.152. The first-order chi connectivity index (χ1) is 7.93. The summed E-state index contributed by atoms with van der Waals surface area (Å²) < 4.78 is 0. The maximum absolute atomic E-state index is 11.7. The summed E-state index contributed by atoms with van der Waals surface area (Å²) in [5.41, 5.74) is 0.272. The molecular weight excluding hydrogens is 212 g/mol. The van der Waals surface area contributed by atoms with Gasteiger partial charge in [0.05, 0.1) is 0 Å². The number of hydrogen-bond acceptors (Lipinski definition) is 2. The Morgan fingerprint density at radius 2 is 1.82 bits per heavy atom. The molecule has 1 atom stereocenters. The van der Waals surface area contributed by atoms with Gasteiger partial charge in [0, 0.05) is 37.1 Å². The summed E-state index contributed by atoms with van der Waals surface area (Å²) in [5.74, 6) is 0.381. The average molecular weight is 238 g/mol. The second-order valence-corrected chi connectivity index (χ2v) is 6.46. The number of likely N-dealkylation sites (tertiary alicyclic amines) is 2. The fraction of sp³-hybridized carbons (Fsp3) is 0.929. The highest BCUT2D eigenvalue weighted by Crippen LogP contribution is 2.31. The van der Waals surface area contributed by atoms with Crippen LogP contribution in [0.25, 0.3) is 0 Å². The number of piperidine rings is 1. The number of hydrogen-bond donors (Lipinski definition) is 0. The van der Waals surface area contributed by atoms with Gasteiger partial charge in [-0.1, -0.05) is 6.92 Å². The lowest BCUT2D eigenvalue weighted by Crippen LogP contribution is -2.60. The number of β-lactam (4-membered cyclic amide) rings is 1. The molecule has 2 rings (SSSR count). The molecule has 2 aliphatic rings. The predicted molar refractivity (Wildman–Crippen MR) is 69.9 cm³/mol. The summed E-state index contributed by atoms with van der Waals surface area (Å²) in [6.45, 7) is 11.3. The average Bonchev–Trinajstić information content (AvgIpc) is 2.25. The lowest BCUT2D eigenvalue weighted by Gasteiger charge is -2.50. The zero-order valence-electron chi connectivity index (χ0n) is 11.7. The molecule has 1 amide bonds. The number of nitrogens with zero attached hydrogens (tertiary/aromatic N) is 2. The van der Waals surface area contributed by atoms with Gasteiger partial charge < -0.3 is 4.90 Å². The molecule has 0 N–H and O–H groups in total. The van der Waals surface area contributed by atoms with E-state index < -0.39 is 0 Å². The molecule has 3 nitrogen and oxygen atoms in total. The molecule has 0 saturated carbocycles. The van der Waals surface area contributed by atoms with Crippen LogP contribution in [0, 0.1) is 0 Å². The minimum absolute atomic E-state index is 0.272. The quantitative estimate of drug-likeness (QED) is 0.689. The lowest BCUT2D eigenvalue weighted by atomic mass is 9.90. The van der Waals surface area contributed by atoms with Gasteiger partial charge in [-0.2, -0.15) is 0 Å². The molecule has 0 aromatic heterocycles. The van der Waals surface area contributed by atoms with Gasteiger partial charge in [-0.3, -0.25) is 9.69 Å². The van der Waals surface area contributed by atoms with Crippen molar-refractivity contribution < 1.29 is 4.79 Å². The molecule has 0 bridgehead atoms. The van der Waals surface area contributed by atoms with E-state index in [1.165, 1.54) is 0 Å². The molecule has 17 heavy (non-hydrogen) atoms. The number of carbonyl (C=O) groups is 1. The van der Waals surface area contributed by atoms with Crippen LogP contribution in [-0.2, 0) is 4.79 Å². The molecule has 2 saturated heterocycles. The standard InChI is InChI=1S/C14H26N2O/c1-5-11-10-13(17)16(11)12-6-8-15(9-7-12)14(2,3)4/h11-12H,5-10H2,1-4H3/t11-/m0/s1. The molecule has 98 valence electrons. The molecule has 0 spiro atoms. The van der Waals surface area contributed by atoms with Crippen LogP contribution in [-0.4, -0.2) is 46.4 Å². The third-order valence-corrected chi connectivity index (χ3v) is 4.37. The summed E-state index contributed by atoms with van der Waals surface area (Å²) in [4.78, 5) is 16.4. The first kappa shape index (κ1) is 12.9. The molecule has 0 aromatic carbocycles. The first-order valence-electron chi connectivity index (χ1n) is 6.99. The molecule has 2 fully saturated rings.